The average molecular weight is 464 g/mol. The maximum atomic E-state index is 12.4. The largest absolute Gasteiger partial charge is 1.00 e. The van der Waals surface area contributed by atoms with Gasteiger partial charge in [0.05, 0.1) is 31.6 Å². The zero-order valence-corrected chi connectivity index (χ0v) is 19.0. The predicted molar refractivity (Wildman–Crippen MR) is 117 cm³/mol. The molecule has 3 aromatic carbocycles. The number of quaternary nitrogens is 1. The van der Waals surface area contributed by atoms with Crippen LogP contribution in [0, 0.1) is 5.41 Å². The molecule has 3 aromatic rings. The van der Waals surface area contributed by atoms with E-state index >= 15 is 0 Å². The number of fused-ring (bicyclic) bond motifs is 2. The average Bonchev–Trinajstić information content (AvgIpc) is 3.37. The van der Waals surface area contributed by atoms with Crippen LogP contribution in [-0.4, -0.2) is 35.8 Å². The Morgan fingerprint density at radius 1 is 0.733 bits per heavy atom. The normalized spacial score (nSPS) is 25.1. The van der Waals surface area contributed by atoms with E-state index < -0.39 is 5.60 Å². The van der Waals surface area contributed by atoms with Gasteiger partial charge in [0, 0.05) is 19.3 Å². The van der Waals surface area contributed by atoms with Crippen LogP contribution in [0.25, 0.3) is 0 Å². The fourth-order valence-electron chi connectivity index (χ4n) is 6.03. The lowest BCUT2D eigenvalue weighted by Crippen LogP contribution is -3.00. The van der Waals surface area contributed by atoms with Gasteiger partial charge in [-0.15, -0.1) is 0 Å². The third kappa shape index (κ3) is 3.43. The maximum absolute atomic E-state index is 12.4. The standard InChI is InChI=1S/C27H30NO.BrH/c29-27(24-12-6-2-7-13-24,25-14-8-3-9-15-25)26-17-20-28(22-26,21-18-26)19-16-23-10-4-1-5-11-23;/h1-15,29H,16-22H2;1H/q+1;/p-1. The Morgan fingerprint density at radius 3 is 1.70 bits per heavy atom. The van der Waals surface area contributed by atoms with E-state index in [0.717, 1.165) is 41.4 Å². The van der Waals surface area contributed by atoms with Crippen molar-refractivity contribution < 1.29 is 26.6 Å². The summed E-state index contributed by atoms with van der Waals surface area (Å²) in [5, 5.41) is 12.4. The third-order valence-electron chi connectivity index (χ3n) is 7.64. The summed E-state index contributed by atoms with van der Waals surface area (Å²) in [6, 6.07) is 31.6. The zero-order chi connectivity index (χ0) is 19.8. The summed E-state index contributed by atoms with van der Waals surface area (Å²) in [6.45, 7) is 4.59. The molecule has 2 nitrogen and oxygen atoms in total. The Morgan fingerprint density at radius 2 is 1.20 bits per heavy atom. The smallest absolute Gasteiger partial charge is 0.126 e. The molecule has 2 bridgehead atoms. The number of benzene rings is 3. The number of rotatable bonds is 6. The highest BCUT2D eigenvalue weighted by atomic mass is 79.9. The van der Waals surface area contributed by atoms with Gasteiger partial charge in [-0.1, -0.05) is 91.0 Å². The van der Waals surface area contributed by atoms with E-state index in [1.54, 1.807) is 0 Å². The number of halogens is 1. The molecule has 1 N–H and O–H groups in total. The number of nitrogens with zero attached hydrogens (tertiary/aromatic N) is 1. The highest BCUT2D eigenvalue weighted by molar-refractivity contribution is 5.40. The van der Waals surface area contributed by atoms with Crippen LogP contribution in [0.5, 0.6) is 0 Å². The van der Waals surface area contributed by atoms with Gasteiger partial charge >= 0.3 is 0 Å². The van der Waals surface area contributed by atoms with Crippen molar-refractivity contribution in [2.75, 3.05) is 26.2 Å². The molecule has 5 rings (SSSR count). The Bertz CT molecular complexity index is 910. The minimum absolute atomic E-state index is 0. The van der Waals surface area contributed by atoms with Crippen LogP contribution in [0.4, 0.5) is 0 Å². The summed E-state index contributed by atoms with van der Waals surface area (Å²) < 4.78 is 1.15. The highest BCUT2D eigenvalue weighted by Gasteiger charge is 2.65. The highest BCUT2D eigenvalue weighted by Crippen LogP contribution is 2.58. The van der Waals surface area contributed by atoms with Crippen molar-refractivity contribution in [3.63, 3.8) is 0 Å². The van der Waals surface area contributed by atoms with Gasteiger partial charge in [0.25, 0.3) is 0 Å². The summed E-state index contributed by atoms with van der Waals surface area (Å²) in [6.07, 6.45) is 3.29. The Kier molecular flexibility index (Phi) is 5.89. The fraction of sp³-hybridized carbons (Fsp3) is 0.333. The van der Waals surface area contributed by atoms with E-state index in [0.29, 0.717) is 0 Å². The molecule has 0 unspecified atom stereocenters. The van der Waals surface area contributed by atoms with Crippen LogP contribution in [0.15, 0.2) is 91.0 Å². The molecule has 0 radical (unpaired) electrons. The van der Waals surface area contributed by atoms with E-state index in [9.17, 15) is 5.11 Å². The van der Waals surface area contributed by atoms with Crippen molar-refractivity contribution in [1.82, 2.24) is 0 Å². The molecular weight excluding hydrogens is 434 g/mol. The van der Waals surface area contributed by atoms with Crippen molar-refractivity contribution in [3.05, 3.63) is 108 Å². The van der Waals surface area contributed by atoms with Gasteiger partial charge in [-0.05, 0) is 16.7 Å². The molecule has 2 aliphatic heterocycles. The minimum atomic E-state index is -0.932. The van der Waals surface area contributed by atoms with Crippen molar-refractivity contribution in [3.8, 4) is 0 Å². The molecule has 0 saturated carbocycles. The van der Waals surface area contributed by atoms with Gasteiger partial charge in [0.15, 0.2) is 0 Å². The van der Waals surface area contributed by atoms with Crippen molar-refractivity contribution in [2.24, 2.45) is 5.41 Å². The first-order valence-electron chi connectivity index (χ1n) is 10.9. The van der Waals surface area contributed by atoms with Crippen LogP contribution in [0.1, 0.15) is 29.5 Å². The molecule has 3 heteroatoms. The first-order chi connectivity index (χ1) is 14.2. The van der Waals surface area contributed by atoms with Crippen LogP contribution in [0.2, 0.25) is 0 Å². The summed E-state index contributed by atoms with van der Waals surface area (Å²) in [5.41, 5.74) is 2.48. The van der Waals surface area contributed by atoms with Crippen molar-refractivity contribution in [1.29, 1.82) is 0 Å². The monoisotopic (exact) mass is 463 g/mol. The second-order valence-electron chi connectivity index (χ2n) is 9.13. The van der Waals surface area contributed by atoms with Gasteiger partial charge in [-0.25, -0.2) is 0 Å². The fourth-order valence-corrected chi connectivity index (χ4v) is 6.03. The van der Waals surface area contributed by atoms with Gasteiger partial charge < -0.3 is 26.6 Å². The van der Waals surface area contributed by atoms with E-state index in [1.165, 1.54) is 25.2 Å². The van der Waals surface area contributed by atoms with Crippen molar-refractivity contribution in [2.45, 2.75) is 24.9 Å². The molecule has 0 atom stereocenters. The Hall–Kier alpha value is -1.94. The lowest BCUT2D eigenvalue weighted by Gasteiger charge is -2.42. The summed E-state index contributed by atoms with van der Waals surface area (Å²) in [5.74, 6) is 0. The molecule has 2 heterocycles. The van der Waals surface area contributed by atoms with Crippen molar-refractivity contribution >= 4 is 0 Å². The van der Waals surface area contributed by atoms with Crippen LogP contribution >= 0.6 is 0 Å². The van der Waals surface area contributed by atoms with Crippen LogP contribution in [0.3, 0.4) is 0 Å². The summed E-state index contributed by atoms with van der Waals surface area (Å²) in [4.78, 5) is 0. The molecule has 30 heavy (non-hydrogen) atoms. The Labute approximate surface area is 190 Å². The zero-order valence-electron chi connectivity index (χ0n) is 17.4. The van der Waals surface area contributed by atoms with E-state index in [4.69, 9.17) is 0 Å². The molecule has 0 spiro atoms. The maximum Gasteiger partial charge on any atom is 0.126 e. The number of piperidine rings is 1. The molecule has 0 aliphatic carbocycles. The summed E-state index contributed by atoms with van der Waals surface area (Å²) in [7, 11) is 0. The molecular formula is C27H30BrNO. The summed E-state index contributed by atoms with van der Waals surface area (Å²) >= 11 is 0. The van der Waals surface area contributed by atoms with Gasteiger partial charge in [0.1, 0.15) is 5.60 Å². The van der Waals surface area contributed by atoms with Gasteiger partial charge in [-0.2, -0.15) is 0 Å². The van der Waals surface area contributed by atoms with Gasteiger partial charge in [0.2, 0.25) is 0 Å². The first kappa shape index (κ1) is 21.3. The quantitative estimate of drug-likeness (QED) is 0.552. The van der Waals surface area contributed by atoms with E-state index in [-0.39, 0.29) is 22.4 Å². The van der Waals surface area contributed by atoms with Crippen LogP contribution in [-0.2, 0) is 12.0 Å². The first-order valence-corrected chi connectivity index (χ1v) is 10.9. The second kappa shape index (κ2) is 8.30. The number of hydrogen-bond donors (Lipinski definition) is 1. The lowest BCUT2D eigenvalue weighted by atomic mass is 9.63. The molecule has 0 amide bonds. The van der Waals surface area contributed by atoms with E-state index in [1.807, 2.05) is 12.1 Å². The number of hydrogen-bond acceptors (Lipinski definition) is 1. The predicted octanol–water partition coefficient (Wildman–Crippen LogP) is 1.78. The topological polar surface area (TPSA) is 20.2 Å². The number of aliphatic hydroxyl groups is 1. The minimum Gasteiger partial charge on any atom is -1.00 e. The van der Waals surface area contributed by atoms with E-state index in [2.05, 4.69) is 78.9 Å². The van der Waals surface area contributed by atoms with Crippen LogP contribution < -0.4 is 17.0 Å². The molecule has 2 aliphatic rings. The SMILES string of the molecule is OC(c1ccccc1)(c1ccccc1)C12CC[N+](CCc3ccccc3)(CC1)C2.[Br-]. The second-order valence-corrected chi connectivity index (χ2v) is 9.13. The van der Waals surface area contributed by atoms with Gasteiger partial charge in [-0.3, -0.25) is 0 Å². The Balaban J connectivity index is 0.00000218. The lowest BCUT2D eigenvalue weighted by molar-refractivity contribution is -0.909. The third-order valence-corrected chi connectivity index (χ3v) is 7.64. The molecule has 2 saturated heterocycles. The molecule has 0 aromatic heterocycles. The molecule has 2 fully saturated rings. The molecule has 156 valence electrons.